The maximum atomic E-state index is 2.47. The number of hydrogen-bond donors (Lipinski definition) is 0. The van der Waals surface area contributed by atoms with Crippen LogP contribution in [0.1, 0.15) is 0 Å². The molecule has 12 rings (SSSR count). The lowest BCUT2D eigenvalue weighted by atomic mass is 9.86. The molecule has 3 aliphatic heterocycles. The maximum Gasteiger partial charge on any atom is 0.159 e. The van der Waals surface area contributed by atoms with Gasteiger partial charge in [-0.15, -0.1) is 0 Å². The van der Waals surface area contributed by atoms with Gasteiger partial charge in [0, 0.05) is 0 Å². The zero-order valence-electron chi connectivity index (χ0n) is 19.7. The van der Waals surface area contributed by atoms with Crippen LogP contribution in [0, 0.1) is 0 Å². The van der Waals surface area contributed by atoms with E-state index in [1.807, 2.05) is 0 Å². The fourth-order valence-corrected chi connectivity index (χ4v) is 12.6. The highest BCUT2D eigenvalue weighted by Crippen LogP contribution is 2.46. The fourth-order valence-electron chi connectivity index (χ4n) is 8.69. The van der Waals surface area contributed by atoms with E-state index in [1.54, 1.807) is 15.6 Å². The molecule has 0 nitrogen and oxygen atoms in total. The molecular formula is C36H15Si. The third-order valence-corrected chi connectivity index (χ3v) is 12.9. The summed E-state index contributed by atoms with van der Waals surface area (Å²) in [6, 6.07) is 35.8. The fraction of sp³-hybridized carbons (Fsp3) is 0. The lowest BCUT2D eigenvalue weighted by molar-refractivity contribution is 1.80. The van der Waals surface area contributed by atoms with Gasteiger partial charge in [-0.2, -0.15) is 0 Å². The third-order valence-electron chi connectivity index (χ3n) is 9.94. The number of hydrogen-bond acceptors (Lipinski definition) is 0. The van der Waals surface area contributed by atoms with Crippen molar-refractivity contribution in [3.63, 3.8) is 0 Å². The van der Waals surface area contributed by atoms with E-state index in [2.05, 4.69) is 91.0 Å². The zero-order chi connectivity index (χ0) is 23.3. The molecule has 0 aromatic heterocycles. The normalized spacial score (nSPS) is 14.9. The van der Waals surface area contributed by atoms with Crippen LogP contribution in [0.15, 0.2) is 91.0 Å². The summed E-state index contributed by atoms with van der Waals surface area (Å²) in [6.07, 6.45) is 0. The van der Waals surface area contributed by atoms with Crippen LogP contribution < -0.4 is 15.6 Å². The number of benzene rings is 9. The molecule has 9 aromatic carbocycles. The van der Waals surface area contributed by atoms with Crippen molar-refractivity contribution < 1.29 is 0 Å². The molecule has 0 unspecified atom stereocenters. The van der Waals surface area contributed by atoms with Crippen LogP contribution in [0.5, 0.6) is 0 Å². The quantitative estimate of drug-likeness (QED) is 0.121. The molecule has 0 saturated carbocycles. The van der Waals surface area contributed by atoms with Crippen molar-refractivity contribution in [2.75, 3.05) is 0 Å². The predicted octanol–water partition coefficient (Wildman–Crippen LogP) is 7.52. The van der Waals surface area contributed by atoms with Gasteiger partial charge in [0.25, 0.3) is 0 Å². The van der Waals surface area contributed by atoms with Crippen molar-refractivity contribution >= 4 is 121 Å². The van der Waals surface area contributed by atoms with Crippen LogP contribution in [0.3, 0.4) is 0 Å². The van der Waals surface area contributed by atoms with Crippen molar-refractivity contribution in [2.24, 2.45) is 0 Å². The second kappa shape index (κ2) is 5.02. The molecule has 0 N–H and O–H groups in total. The average molecular weight is 476 g/mol. The molecule has 1 radical (unpaired) electrons. The summed E-state index contributed by atoms with van der Waals surface area (Å²) in [5, 5.41) is 31.3. The molecule has 3 aliphatic rings. The van der Waals surface area contributed by atoms with Crippen molar-refractivity contribution in [1.29, 1.82) is 0 Å². The van der Waals surface area contributed by atoms with Gasteiger partial charge >= 0.3 is 0 Å². The molecule has 0 bridgehead atoms. The van der Waals surface area contributed by atoms with Gasteiger partial charge in [-0.05, 0) is 131 Å². The van der Waals surface area contributed by atoms with Crippen LogP contribution in [0.4, 0.5) is 0 Å². The Morgan fingerprint density at radius 3 is 0.703 bits per heavy atom. The largest absolute Gasteiger partial charge is 0.159 e. The van der Waals surface area contributed by atoms with E-state index in [9.17, 15) is 0 Å². The van der Waals surface area contributed by atoms with E-state index >= 15 is 0 Å². The minimum absolute atomic E-state index is 1.19. The molecule has 0 spiro atoms. The SMILES string of the molecule is c1cc2ccc3cc4ccc5ccc6cc7ccc8ccc9cc1c1c%10c9c8c7c7c6c5c4c(c3c21)[Si]%107. The van der Waals surface area contributed by atoms with Crippen LogP contribution in [-0.4, -0.2) is 8.80 Å². The van der Waals surface area contributed by atoms with E-state index in [1.165, 1.54) is 97.0 Å². The van der Waals surface area contributed by atoms with Crippen molar-refractivity contribution in [2.45, 2.75) is 0 Å². The van der Waals surface area contributed by atoms with Crippen LogP contribution in [0.25, 0.3) is 97.0 Å². The lowest BCUT2D eigenvalue weighted by Gasteiger charge is -2.37. The van der Waals surface area contributed by atoms with Gasteiger partial charge in [-0.3, -0.25) is 0 Å². The van der Waals surface area contributed by atoms with Gasteiger partial charge in [0.15, 0.2) is 8.80 Å². The van der Waals surface area contributed by atoms with Gasteiger partial charge < -0.3 is 0 Å². The molecule has 37 heavy (non-hydrogen) atoms. The van der Waals surface area contributed by atoms with Crippen molar-refractivity contribution in [3.05, 3.63) is 91.0 Å². The zero-order valence-corrected chi connectivity index (χ0v) is 20.7. The first-order chi connectivity index (χ1) is 18.3. The topological polar surface area (TPSA) is 0 Å². The molecule has 0 atom stereocenters. The third kappa shape index (κ3) is 1.54. The number of rotatable bonds is 0. The first kappa shape index (κ1) is 17.1. The monoisotopic (exact) mass is 475 g/mol. The Balaban J connectivity index is 1.65. The Kier molecular flexibility index (Phi) is 2.32. The highest BCUT2D eigenvalue weighted by molar-refractivity contribution is 7.07. The van der Waals surface area contributed by atoms with Gasteiger partial charge in [-0.1, -0.05) is 72.8 Å². The highest BCUT2D eigenvalue weighted by atomic mass is 28.3. The average Bonchev–Trinajstić information content (AvgIpc) is 2.95. The first-order valence-electron chi connectivity index (χ1n) is 13.2. The minimum atomic E-state index is -1.19. The summed E-state index contributed by atoms with van der Waals surface area (Å²) >= 11 is 0. The Morgan fingerprint density at radius 1 is 0.243 bits per heavy atom. The summed E-state index contributed by atoms with van der Waals surface area (Å²) in [5.41, 5.74) is 0. The van der Waals surface area contributed by atoms with Gasteiger partial charge in [0.1, 0.15) is 0 Å². The van der Waals surface area contributed by atoms with Crippen LogP contribution >= 0.6 is 0 Å². The summed E-state index contributed by atoms with van der Waals surface area (Å²) in [7, 11) is -1.19. The molecule has 163 valence electrons. The molecule has 9 aromatic rings. The first-order valence-corrected chi connectivity index (χ1v) is 14.7. The van der Waals surface area contributed by atoms with Crippen molar-refractivity contribution in [1.82, 2.24) is 0 Å². The van der Waals surface area contributed by atoms with E-state index in [0.717, 1.165) is 0 Å². The second-order valence-corrected chi connectivity index (χ2v) is 13.7. The summed E-state index contributed by atoms with van der Waals surface area (Å²) < 4.78 is 0. The summed E-state index contributed by atoms with van der Waals surface area (Å²) in [4.78, 5) is 0. The molecule has 3 heterocycles. The molecular weight excluding hydrogens is 460 g/mol. The molecule has 0 fully saturated rings. The standard InChI is InChI=1S/C36H15Si/c1-7-19-13-21-9-3-17-5-11-23-15-24-12-6-18-4-10-22-14-20-8-2-16(1)25-28(19)34-30(21)26(17)32(23)36-33(24)27(18)31(22)35(29(20)25)37(34)36/h1-15H. The van der Waals surface area contributed by atoms with Gasteiger partial charge in [0.2, 0.25) is 0 Å². The second-order valence-electron chi connectivity index (χ2n) is 11.4. The smallest absolute Gasteiger partial charge is 0.0537 e. The van der Waals surface area contributed by atoms with Crippen molar-refractivity contribution in [3.8, 4) is 0 Å². The Labute approximate surface area is 211 Å². The van der Waals surface area contributed by atoms with E-state index in [0.29, 0.717) is 0 Å². The summed E-state index contributed by atoms with van der Waals surface area (Å²) in [5.74, 6) is 0. The Bertz CT molecular complexity index is 2270. The van der Waals surface area contributed by atoms with Gasteiger partial charge in [0.05, 0.1) is 0 Å². The maximum absolute atomic E-state index is 2.47. The lowest BCUT2D eigenvalue weighted by Crippen LogP contribution is -2.57. The Hall–Kier alpha value is -4.46. The molecule has 0 saturated heterocycles. The van der Waals surface area contributed by atoms with Crippen LogP contribution in [0.2, 0.25) is 0 Å². The molecule has 1 heteroatoms. The Morgan fingerprint density at radius 2 is 0.459 bits per heavy atom. The van der Waals surface area contributed by atoms with Crippen LogP contribution in [-0.2, 0) is 0 Å². The predicted molar refractivity (Wildman–Crippen MR) is 162 cm³/mol. The highest BCUT2D eigenvalue weighted by Gasteiger charge is 2.40. The van der Waals surface area contributed by atoms with E-state index in [-0.39, 0.29) is 0 Å². The van der Waals surface area contributed by atoms with E-state index < -0.39 is 8.80 Å². The molecule has 0 amide bonds. The van der Waals surface area contributed by atoms with E-state index in [4.69, 9.17) is 0 Å². The van der Waals surface area contributed by atoms with Gasteiger partial charge in [-0.25, -0.2) is 0 Å². The summed E-state index contributed by atoms with van der Waals surface area (Å²) in [6.45, 7) is 0. The molecule has 0 aliphatic carbocycles. The minimum Gasteiger partial charge on any atom is -0.0537 e.